The Bertz CT molecular complexity index is 1560. The summed E-state index contributed by atoms with van der Waals surface area (Å²) in [7, 11) is 0. The number of rotatable bonds is 4. The number of H-pyrrole nitrogens is 4. The van der Waals surface area contributed by atoms with Crippen LogP contribution in [0.3, 0.4) is 0 Å². The largest absolute Gasteiger partial charge is 0.457 e. The fourth-order valence-electron chi connectivity index (χ4n) is 2.60. The number of nitrogens with zero attached hydrogens (tertiary/aromatic N) is 10. The van der Waals surface area contributed by atoms with E-state index in [-0.39, 0.29) is 346 Å². The van der Waals surface area contributed by atoms with Gasteiger partial charge < -0.3 is 170 Å². The summed E-state index contributed by atoms with van der Waals surface area (Å²) < 4.78 is 52.0. The van der Waals surface area contributed by atoms with Crippen LogP contribution < -0.4 is 20.8 Å². The summed E-state index contributed by atoms with van der Waals surface area (Å²) in [6, 6.07) is 11.2. The van der Waals surface area contributed by atoms with Crippen molar-refractivity contribution in [2.45, 2.75) is 0 Å². The maximum absolute atomic E-state index is 9.68. The van der Waals surface area contributed by atoms with Crippen molar-refractivity contribution in [3.05, 3.63) is 61.4 Å². The third-order valence-corrected chi connectivity index (χ3v) is 4.04. The number of aromatic nitrogens is 14. The summed E-state index contributed by atoms with van der Waals surface area (Å²) in [6.07, 6.45) is 6.22. The minimum atomic E-state index is -9.68. The van der Waals surface area contributed by atoms with Crippen LogP contribution in [0.4, 0.5) is 0 Å². The smallest absolute Gasteiger partial charge is 0.218 e. The maximum Gasteiger partial charge on any atom is 0.218 e. The minimum absolute atomic E-state index is 0. The van der Waals surface area contributed by atoms with E-state index in [1.54, 1.807) is 12.4 Å². The second-order valence-electron chi connectivity index (χ2n) is 7.13. The Morgan fingerprint density at radius 1 is 0.316 bits per heavy atom. The van der Waals surface area contributed by atoms with Gasteiger partial charge in [0.05, 0.1) is 0 Å². The summed E-state index contributed by atoms with van der Waals surface area (Å²) >= 11 is -9.68. The number of hydrogen-bond acceptors (Lipinski definition) is 16. The van der Waals surface area contributed by atoms with Crippen molar-refractivity contribution >= 4 is 17.9 Å². The molecule has 79 heavy (non-hydrogen) atoms. The van der Waals surface area contributed by atoms with E-state index in [9.17, 15) is 0 Å². The first-order chi connectivity index (χ1) is 18.3. The van der Waals surface area contributed by atoms with Gasteiger partial charge in [-0.3, -0.25) is 30.4 Å². The fourth-order valence-corrected chi connectivity index (χ4v) is 2.60. The molecular weight excluding hydrogens is 1880 g/mol. The molecule has 0 amide bonds. The van der Waals surface area contributed by atoms with Crippen LogP contribution in [0.5, 0.6) is 0 Å². The molecule has 6 rings (SSSR count). The maximum atomic E-state index is 8.67. The molecule has 6 heterocycles. The van der Waals surface area contributed by atoms with Crippen LogP contribution in [0.1, 0.15) is 0 Å². The second-order valence-corrected chi connectivity index (χ2v) is 13.0. The number of nitrogens with one attached hydrogen (secondary N) is 4. The molecule has 0 aliphatic carbocycles. The summed E-state index contributed by atoms with van der Waals surface area (Å²) in [5.74, 6) is 3.20. The van der Waals surface area contributed by atoms with E-state index in [0.717, 1.165) is 11.4 Å². The zero-order valence-electron chi connectivity index (χ0n) is 37.2. The standard InChI is InChI=1S/2C9H7N7.3Co.6Mo.H6O6Te.13H2O.18O/c2*1-2-4-10-6(3-1)7-13-9(16-15-7)8-11-5-12-14-8;;;;;;;;;;1-7(2,3,4,5)6;;;;;;;;;;;;;;;;;;;;;;;;;;;;;;;/h2*1-5H,(H,11,12,14)(H,13,15,16);;;;;;;;;;1-6H;13*1H2;;;;;;;;;;;;;;;;;;/q;;3*+3;;;;;;;;;;;;;;;;;;;;;18*-2/p+4. The van der Waals surface area contributed by atoms with Gasteiger partial charge in [-0.15, -0.1) is 10.2 Å². The van der Waals surface area contributed by atoms with Gasteiger partial charge in [0.25, 0.3) is 0 Å². The van der Waals surface area contributed by atoms with Crippen molar-refractivity contribution in [1.82, 2.24) is 70.7 Å². The van der Waals surface area contributed by atoms with Gasteiger partial charge >= 0.3 is 89.1 Å². The summed E-state index contributed by atoms with van der Waals surface area (Å²) in [5, 5.41) is 26.5. The van der Waals surface area contributed by atoms with Crippen molar-refractivity contribution < 1.29 is 367 Å². The molecule has 0 fully saturated rings. The first kappa shape index (κ1) is 273. The van der Waals surface area contributed by atoms with E-state index in [2.05, 4.69) is 70.7 Å². The molecule has 0 radical (unpaired) electrons. The summed E-state index contributed by atoms with van der Waals surface area (Å²) in [6.45, 7) is 0. The zero-order chi connectivity index (χ0) is 28.0. The molecule has 0 saturated heterocycles. The van der Waals surface area contributed by atoms with Gasteiger partial charge in [-0.1, -0.05) is 12.1 Å². The average molecular weight is 1930 g/mol. The molecule has 6 aromatic rings. The number of pyridine rings is 2. The fraction of sp³-hybridized carbons (Fsp3) is 0. The molecule has 0 aromatic carbocycles. The molecule has 0 bridgehead atoms. The molecule has 61 heteroatoms. The van der Waals surface area contributed by atoms with Crippen LogP contribution >= 0.6 is 0 Å². The van der Waals surface area contributed by atoms with Crippen molar-refractivity contribution in [2.24, 2.45) is 0 Å². The molecule has 0 spiro atoms. The van der Waals surface area contributed by atoms with E-state index in [1.807, 2.05) is 36.4 Å². The molecule has 40 N–H and O–H groups in total. The average Bonchev–Trinajstić information content (AvgIpc) is 3.70. The van der Waals surface area contributed by atoms with Crippen LogP contribution in [-0.2, 0) is 330 Å². The Labute approximate surface area is 558 Å². The molecule has 0 aliphatic rings. The third-order valence-electron chi connectivity index (χ3n) is 4.04. The van der Waals surface area contributed by atoms with Crippen LogP contribution in [0, 0.1) is 0 Å². The van der Waals surface area contributed by atoms with Gasteiger partial charge in [-0.25, -0.2) is 19.9 Å². The molecule has 51 nitrogen and oxygen atoms in total. The number of aromatic amines is 4. The number of hydrogen-bond donors (Lipinski definition) is 4. The molecule has 0 aliphatic heterocycles. The third kappa shape index (κ3) is 110. The van der Waals surface area contributed by atoms with Crippen LogP contribution in [0.25, 0.3) is 46.3 Å². The van der Waals surface area contributed by atoms with Crippen molar-refractivity contribution in [3.63, 3.8) is 0 Å². The first-order valence-corrected chi connectivity index (χ1v) is 16.0. The molecule has 0 atom stereocenters. The molecule has 506 valence electrons. The van der Waals surface area contributed by atoms with Crippen LogP contribution in [-0.4, -0.2) is 105 Å². The van der Waals surface area contributed by atoms with Gasteiger partial charge in [0.1, 0.15) is 24.0 Å². The Morgan fingerprint density at radius 3 is 0.671 bits per heavy atom. The van der Waals surface area contributed by atoms with E-state index < -0.39 is 17.9 Å². The predicted octanol–water partition coefficient (Wildman–Crippen LogP) is -20.1. The molecule has 0 unspecified atom stereocenters. The van der Waals surface area contributed by atoms with Crippen molar-refractivity contribution in [1.29, 1.82) is 0 Å². The predicted molar refractivity (Wildman–Crippen MR) is 188 cm³/mol. The molecular formula is C18H50Co3Mo6N14O37Te-23. The van der Waals surface area contributed by atoms with Gasteiger partial charge in [0.15, 0.2) is 23.3 Å². The van der Waals surface area contributed by atoms with E-state index in [4.69, 9.17) is 20.8 Å². The van der Waals surface area contributed by atoms with Gasteiger partial charge in [-0.05, 0) is 24.3 Å². The van der Waals surface area contributed by atoms with E-state index in [0.29, 0.717) is 34.9 Å². The van der Waals surface area contributed by atoms with Gasteiger partial charge in [0, 0.05) is 139 Å². The Kier molecular flexibility index (Phi) is 402. The topological polar surface area (TPSA) is 1270 Å². The molecule has 0 saturated carbocycles. The summed E-state index contributed by atoms with van der Waals surface area (Å²) in [4.78, 5) is 24.8. The quantitative estimate of drug-likeness (QED) is 0.0941. The zero-order valence-corrected chi connectivity index (χ0v) is 54.7. The Balaban J connectivity index is -0.00000000786. The van der Waals surface area contributed by atoms with Crippen LogP contribution in [0.15, 0.2) is 61.4 Å². The van der Waals surface area contributed by atoms with Crippen LogP contribution in [0.2, 0.25) is 0 Å². The second kappa shape index (κ2) is 116. The Hall–Kier alpha value is -0.181. The van der Waals surface area contributed by atoms with Crippen molar-refractivity contribution in [3.8, 4) is 46.3 Å². The normalized spacial score (nSPS) is 6.30. The van der Waals surface area contributed by atoms with E-state index >= 15 is 0 Å². The monoisotopic (exact) mass is 1950 g/mol. The van der Waals surface area contributed by atoms with Crippen molar-refractivity contribution in [2.75, 3.05) is 0 Å². The summed E-state index contributed by atoms with van der Waals surface area (Å²) in [5.41, 5.74) is 1.47. The molecule has 6 aromatic heterocycles. The first-order valence-electron chi connectivity index (χ1n) is 10.3. The van der Waals surface area contributed by atoms with E-state index in [1.165, 1.54) is 12.7 Å². The SMILES string of the molecule is O.O.O.[Co+3].[Co+3].[Co+3].[Mo].[Mo].[Mo].[Mo].[Mo].[Mo].[O-2].[O-2].[O-2].[O-2].[O-2].[O-2].[O-2].[O-2].[O-2].[O-2].[O-2].[O-2].[O-2].[O-2].[O-2].[O-2].[O-2].[O-2].[O-][Te]([O-])([O-])([O-])([O-])[O-].[OH3+].[OH3+].[OH3+].[OH3+].[OH3+].[OH3+].[OH3+].[OH3+].[OH3+].[OH3+].c1ccc(-c2nc(-c3ncn[nH]3)n[nH]2)nc1.c1ccc(-c2nc(-c3ncn[nH]3)n[nH]2)nc1. The van der Waals surface area contributed by atoms with Gasteiger partial charge in [0.2, 0.25) is 11.6 Å². The minimum Gasteiger partial charge on any atom is -0.457 e. The Morgan fingerprint density at radius 2 is 0.519 bits per heavy atom. The van der Waals surface area contributed by atoms with Gasteiger partial charge in [-0.2, -0.15) is 10.2 Å².